The van der Waals surface area contributed by atoms with E-state index in [1.807, 2.05) is 18.8 Å². The van der Waals surface area contributed by atoms with Crippen LogP contribution < -0.4 is 11.2 Å². The highest BCUT2D eigenvalue weighted by molar-refractivity contribution is 5.86. The smallest absolute Gasteiger partial charge is 0.342 e. The van der Waals surface area contributed by atoms with Gasteiger partial charge in [-0.15, -0.1) is 0 Å². The molecule has 0 bridgehead atoms. The van der Waals surface area contributed by atoms with E-state index in [1.54, 1.807) is 0 Å². The first-order valence-corrected chi connectivity index (χ1v) is 5.79. The van der Waals surface area contributed by atoms with Gasteiger partial charge in [0.05, 0.1) is 0 Å². The minimum atomic E-state index is -1.34. The third-order valence-electron chi connectivity index (χ3n) is 2.79. The fourth-order valence-electron chi connectivity index (χ4n) is 1.62. The molecule has 0 amide bonds. The fraction of sp³-hybridized carbons (Fsp3) is 0.545. The average molecular weight is 255 g/mol. The zero-order valence-corrected chi connectivity index (χ0v) is 10.5. The van der Waals surface area contributed by atoms with Gasteiger partial charge in [0.2, 0.25) is 0 Å². The first kappa shape index (κ1) is 14.2. The molecule has 0 atom stereocenters. The Morgan fingerprint density at radius 2 is 2.00 bits per heavy atom. The number of aromatic carboxylic acids is 1. The highest BCUT2D eigenvalue weighted by Gasteiger charge is 2.11. The van der Waals surface area contributed by atoms with E-state index in [1.165, 1.54) is 4.57 Å². The van der Waals surface area contributed by atoms with Crippen LogP contribution in [0.1, 0.15) is 24.2 Å². The van der Waals surface area contributed by atoms with Gasteiger partial charge in [0.1, 0.15) is 5.56 Å². The van der Waals surface area contributed by atoms with Crippen LogP contribution in [-0.2, 0) is 6.54 Å². The Hall–Kier alpha value is -1.89. The van der Waals surface area contributed by atoms with Gasteiger partial charge < -0.3 is 10.0 Å². The van der Waals surface area contributed by atoms with Gasteiger partial charge in [-0.05, 0) is 13.1 Å². The number of aromatic nitrogens is 2. The predicted molar refractivity (Wildman–Crippen MR) is 66.1 cm³/mol. The summed E-state index contributed by atoms with van der Waals surface area (Å²) in [6, 6.07) is 0. The molecular formula is C11H17N3O4. The van der Waals surface area contributed by atoms with E-state index in [0.717, 1.165) is 19.3 Å². The lowest BCUT2D eigenvalue weighted by Crippen LogP contribution is -2.36. The summed E-state index contributed by atoms with van der Waals surface area (Å²) in [5, 5.41) is 8.80. The Kier molecular flexibility index (Phi) is 4.85. The Bertz CT molecular complexity index is 528. The van der Waals surface area contributed by atoms with Crippen LogP contribution in [0, 0.1) is 0 Å². The van der Waals surface area contributed by atoms with Crippen molar-refractivity contribution in [2.24, 2.45) is 0 Å². The standard InChI is InChI=1S/C11H17N3O4/c1-3-13(4-2)5-6-14-7-8(10(16)17)9(15)12-11(14)18/h7H,3-6H2,1-2H3,(H,16,17)(H,12,15,18). The predicted octanol–water partition coefficient (Wildman–Crippen LogP) is -0.423. The minimum Gasteiger partial charge on any atom is -0.477 e. The summed E-state index contributed by atoms with van der Waals surface area (Å²) in [6.45, 7) is 6.67. The molecule has 0 aliphatic carbocycles. The number of carbonyl (C=O) groups is 1. The van der Waals surface area contributed by atoms with Gasteiger partial charge in [0.25, 0.3) is 5.56 Å². The molecule has 7 nitrogen and oxygen atoms in total. The molecule has 1 aromatic heterocycles. The van der Waals surface area contributed by atoms with Crippen LogP contribution in [0.5, 0.6) is 0 Å². The van der Waals surface area contributed by atoms with Gasteiger partial charge >= 0.3 is 11.7 Å². The molecular weight excluding hydrogens is 238 g/mol. The zero-order chi connectivity index (χ0) is 13.7. The maximum Gasteiger partial charge on any atom is 0.342 e. The van der Waals surface area contributed by atoms with Crippen molar-refractivity contribution in [3.05, 3.63) is 32.6 Å². The molecule has 0 aromatic carbocycles. The third-order valence-corrected chi connectivity index (χ3v) is 2.79. The maximum absolute atomic E-state index is 11.5. The number of carboxylic acid groups (broad SMARTS) is 1. The lowest BCUT2D eigenvalue weighted by molar-refractivity contribution is 0.0693. The van der Waals surface area contributed by atoms with Gasteiger partial charge in [0, 0.05) is 19.3 Å². The Labute approximate surface area is 104 Å². The van der Waals surface area contributed by atoms with Crippen molar-refractivity contribution in [2.75, 3.05) is 19.6 Å². The largest absolute Gasteiger partial charge is 0.477 e. The molecule has 0 radical (unpaired) electrons. The number of nitrogens with zero attached hydrogens (tertiary/aromatic N) is 2. The van der Waals surface area contributed by atoms with E-state index in [4.69, 9.17) is 5.11 Å². The number of H-pyrrole nitrogens is 1. The summed E-state index contributed by atoms with van der Waals surface area (Å²) in [4.78, 5) is 37.6. The Morgan fingerprint density at radius 1 is 1.39 bits per heavy atom. The van der Waals surface area contributed by atoms with E-state index in [-0.39, 0.29) is 0 Å². The second kappa shape index (κ2) is 6.15. The van der Waals surface area contributed by atoms with Crippen molar-refractivity contribution in [1.82, 2.24) is 14.5 Å². The molecule has 1 heterocycles. The van der Waals surface area contributed by atoms with Gasteiger partial charge in [-0.2, -0.15) is 0 Å². The van der Waals surface area contributed by atoms with Crippen LogP contribution in [0.3, 0.4) is 0 Å². The molecule has 18 heavy (non-hydrogen) atoms. The number of hydrogen-bond donors (Lipinski definition) is 2. The maximum atomic E-state index is 11.5. The summed E-state index contributed by atoms with van der Waals surface area (Å²) < 4.78 is 1.21. The number of carboxylic acids is 1. The second-order valence-electron chi connectivity index (χ2n) is 3.83. The lowest BCUT2D eigenvalue weighted by atomic mass is 10.3. The van der Waals surface area contributed by atoms with Crippen LogP contribution in [0.4, 0.5) is 0 Å². The monoisotopic (exact) mass is 255 g/mol. The molecule has 0 spiro atoms. The summed E-state index contributed by atoms with van der Waals surface area (Å²) in [6.07, 6.45) is 1.09. The Morgan fingerprint density at radius 3 is 2.50 bits per heavy atom. The number of rotatable bonds is 6. The van der Waals surface area contributed by atoms with Gasteiger partial charge in [0.15, 0.2) is 0 Å². The summed E-state index contributed by atoms with van der Waals surface area (Å²) in [5.74, 6) is -1.34. The van der Waals surface area contributed by atoms with Crippen molar-refractivity contribution in [3.63, 3.8) is 0 Å². The lowest BCUT2D eigenvalue weighted by Gasteiger charge is -2.18. The first-order valence-electron chi connectivity index (χ1n) is 5.79. The van der Waals surface area contributed by atoms with Crippen LogP contribution >= 0.6 is 0 Å². The van der Waals surface area contributed by atoms with E-state index in [2.05, 4.69) is 4.90 Å². The topological polar surface area (TPSA) is 95.4 Å². The summed E-state index contributed by atoms with van der Waals surface area (Å²) in [7, 11) is 0. The highest BCUT2D eigenvalue weighted by atomic mass is 16.4. The van der Waals surface area contributed by atoms with E-state index in [0.29, 0.717) is 13.1 Å². The van der Waals surface area contributed by atoms with Crippen LogP contribution in [0.2, 0.25) is 0 Å². The first-order chi connectivity index (χ1) is 8.49. The third kappa shape index (κ3) is 3.30. The Balaban J connectivity index is 2.96. The minimum absolute atomic E-state index is 0.345. The van der Waals surface area contributed by atoms with Crippen LogP contribution in [0.15, 0.2) is 15.8 Å². The molecule has 2 N–H and O–H groups in total. The highest BCUT2D eigenvalue weighted by Crippen LogP contribution is 1.91. The number of aromatic amines is 1. The summed E-state index contributed by atoms with van der Waals surface area (Å²) >= 11 is 0. The van der Waals surface area contributed by atoms with Gasteiger partial charge in [-0.25, -0.2) is 9.59 Å². The molecule has 0 saturated carbocycles. The molecule has 0 fully saturated rings. The molecule has 1 rings (SSSR count). The molecule has 7 heteroatoms. The van der Waals surface area contributed by atoms with E-state index < -0.39 is 22.8 Å². The van der Waals surface area contributed by atoms with Crippen molar-refractivity contribution in [3.8, 4) is 0 Å². The summed E-state index contributed by atoms with van der Waals surface area (Å²) in [5.41, 5.74) is -1.88. The van der Waals surface area contributed by atoms with Crippen molar-refractivity contribution in [2.45, 2.75) is 20.4 Å². The van der Waals surface area contributed by atoms with Gasteiger partial charge in [-0.1, -0.05) is 13.8 Å². The number of nitrogens with one attached hydrogen (secondary N) is 1. The molecule has 0 aliphatic rings. The SMILES string of the molecule is CCN(CC)CCn1cc(C(=O)O)c(=O)[nH]c1=O. The molecule has 0 unspecified atom stereocenters. The molecule has 100 valence electrons. The van der Waals surface area contributed by atoms with E-state index in [9.17, 15) is 14.4 Å². The molecule has 1 aromatic rings. The zero-order valence-electron chi connectivity index (χ0n) is 10.5. The van der Waals surface area contributed by atoms with Gasteiger partial charge in [-0.3, -0.25) is 14.3 Å². The van der Waals surface area contributed by atoms with Crippen LogP contribution in [0.25, 0.3) is 0 Å². The van der Waals surface area contributed by atoms with E-state index >= 15 is 0 Å². The molecule has 0 saturated heterocycles. The number of likely N-dealkylation sites (N-methyl/N-ethyl adjacent to an activating group) is 1. The van der Waals surface area contributed by atoms with Crippen molar-refractivity contribution >= 4 is 5.97 Å². The molecule has 0 aliphatic heterocycles. The fourth-order valence-corrected chi connectivity index (χ4v) is 1.62. The number of hydrogen-bond acceptors (Lipinski definition) is 4. The van der Waals surface area contributed by atoms with Crippen molar-refractivity contribution in [1.29, 1.82) is 0 Å². The van der Waals surface area contributed by atoms with Crippen LogP contribution in [-0.4, -0.2) is 45.2 Å². The average Bonchev–Trinajstić information content (AvgIpc) is 2.32. The quantitative estimate of drug-likeness (QED) is 0.719. The normalized spacial score (nSPS) is 10.8. The second-order valence-corrected chi connectivity index (χ2v) is 3.83. The van der Waals surface area contributed by atoms with Crippen molar-refractivity contribution < 1.29 is 9.90 Å².